The monoisotopic (exact) mass is 232 g/mol. The molecule has 15 heavy (non-hydrogen) atoms. The Kier molecular flexibility index (Phi) is 5.39. The maximum absolute atomic E-state index is 10.2. The number of hydrogen-bond donors (Lipinski definition) is 2. The maximum Gasteiger partial charge on any atom is 0.0869 e. The Balaban J connectivity index is 2.26. The van der Waals surface area contributed by atoms with Gasteiger partial charge >= 0.3 is 0 Å². The van der Waals surface area contributed by atoms with E-state index in [9.17, 15) is 5.11 Å². The Hall–Kier alpha value is 0.230. The van der Waals surface area contributed by atoms with Crippen molar-refractivity contribution in [1.29, 1.82) is 0 Å². The second-order valence-electron chi connectivity index (χ2n) is 4.92. The van der Waals surface area contributed by atoms with Crippen LogP contribution in [-0.4, -0.2) is 59.3 Å². The summed E-state index contributed by atoms with van der Waals surface area (Å²) >= 11 is 2.00. The summed E-state index contributed by atoms with van der Waals surface area (Å²) in [5.41, 5.74) is -0.605. The first-order valence-electron chi connectivity index (χ1n) is 5.75. The summed E-state index contributed by atoms with van der Waals surface area (Å²) in [5, 5.41) is 13.5. The predicted octanol–water partition coefficient (Wildman–Crippen LogP) is 0.784. The molecule has 0 aromatic rings. The first-order chi connectivity index (χ1) is 6.99. The van der Waals surface area contributed by atoms with Crippen molar-refractivity contribution in [2.24, 2.45) is 0 Å². The first-order valence-corrected chi connectivity index (χ1v) is 6.91. The van der Waals surface area contributed by atoms with Gasteiger partial charge in [0, 0.05) is 43.7 Å². The zero-order chi connectivity index (χ0) is 11.3. The van der Waals surface area contributed by atoms with E-state index in [1.165, 1.54) is 11.5 Å². The van der Waals surface area contributed by atoms with E-state index >= 15 is 0 Å². The molecule has 1 aliphatic heterocycles. The first kappa shape index (κ1) is 13.3. The zero-order valence-electron chi connectivity index (χ0n) is 10.1. The lowest BCUT2D eigenvalue weighted by molar-refractivity contribution is 0.0214. The molecule has 0 saturated carbocycles. The molecule has 4 heteroatoms. The summed E-state index contributed by atoms with van der Waals surface area (Å²) in [7, 11) is 0. The minimum Gasteiger partial charge on any atom is -0.388 e. The van der Waals surface area contributed by atoms with Gasteiger partial charge in [-0.15, -0.1) is 0 Å². The van der Waals surface area contributed by atoms with E-state index in [2.05, 4.69) is 24.1 Å². The van der Waals surface area contributed by atoms with E-state index in [4.69, 9.17) is 0 Å². The van der Waals surface area contributed by atoms with E-state index in [1.807, 2.05) is 18.7 Å². The van der Waals surface area contributed by atoms with E-state index in [1.54, 1.807) is 0 Å². The van der Waals surface area contributed by atoms with Gasteiger partial charge in [-0.1, -0.05) is 13.8 Å². The molecule has 1 aliphatic rings. The zero-order valence-corrected chi connectivity index (χ0v) is 10.9. The molecule has 1 fully saturated rings. The average molecular weight is 232 g/mol. The number of rotatable bonds is 5. The minimum absolute atomic E-state index is 0.438. The highest BCUT2D eigenvalue weighted by molar-refractivity contribution is 7.99. The molecule has 1 unspecified atom stereocenters. The highest BCUT2D eigenvalue weighted by Crippen LogP contribution is 2.13. The molecule has 0 aromatic heterocycles. The summed E-state index contributed by atoms with van der Waals surface area (Å²) in [6.07, 6.45) is 0. The van der Waals surface area contributed by atoms with Crippen molar-refractivity contribution in [2.45, 2.75) is 32.4 Å². The van der Waals surface area contributed by atoms with Crippen molar-refractivity contribution in [3.05, 3.63) is 0 Å². The number of aliphatic hydroxyl groups is 1. The summed E-state index contributed by atoms with van der Waals surface area (Å²) in [6, 6.07) is 0.438. The fraction of sp³-hybridized carbons (Fsp3) is 1.00. The van der Waals surface area contributed by atoms with Crippen molar-refractivity contribution in [2.75, 3.05) is 37.7 Å². The van der Waals surface area contributed by atoms with Crippen molar-refractivity contribution in [3.63, 3.8) is 0 Å². The third-order valence-corrected chi connectivity index (χ3v) is 3.50. The van der Waals surface area contributed by atoms with Crippen LogP contribution in [0.3, 0.4) is 0 Å². The summed E-state index contributed by atoms with van der Waals surface area (Å²) in [5.74, 6) is 2.40. The van der Waals surface area contributed by atoms with Crippen LogP contribution in [0.25, 0.3) is 0 Å². The molecule has 1 saturated heterocycles. The van der Waals surface area contributed by atoms with Crippen molar-refractivity contribution < 1.29 is 5.11 Å². The van der Waals surface area contributed by atoms with Gasteiger partial charge in [0.2, 0.25) is 0 Å². The Morgan fingerprint density at radius 3 is 2.53 bits per heavy atom. The van der Waals surface area contributed by atoms with E-state index in [0.29, 0.717) is 12.6 Å². The fourth-order valence-corrected chi connectivity index (χ4v) is 2.70. The van der Waals surface area contributed by atoms with Gasteiger partial charge in [-0.2, -0.15) is 11.8 Å². The Bertz CT molecular complexity index is 179. The van der Waals surface area contributed by atoms with Gasteiger partial charge in [0.1, 0.15) is 0 Å². The molecule has 1 atom stereocenters. The Morgan fingerprint density at radius 1 is 1.40 bits per heavy atom. The standard InChI is InChI=1S/C11H24N2OS/c1-10(2)12-8-11(3,14)9-13-4-6-15-7-5-13/h10,12,14H,4-9H2,1-3H3. The fourth-order valence-electron chi connectivity index (χ4n) is 1.72. The molecule has 0 aliphatic carbocycles. The Morgan fingerprint density at radius 2 is 2.00 bits per heavy atom. The predicted molar refractivity (Wildman–Crippen MR) is 67.5 cm³/mol. The van der Waals surface area contributed by atoms with Crippen molar-refractivity contribution in [3.8, 4) is 0 Å². The SMILES string of the molecule is CC(C)NCC(C)(O)CN1CCSCC1. The second-order valence-corrected chi connectivity index (χ2v) is 6.15. The molecule has 0 aromatic carbocycles. The van der Waals surface area contributed by atoms with E-state index in [0.717, 1.165) is 19.6 Å². The number of hydrogen-bond acceptors (Lipinski definition) is 4. The molecule has 90 valence electrons. The molecule has 0 bridgehead atoms. The number of nitrogens with one attached hydrogen (secondary N) is 1. The van der Waals surface area contributed by atoms with Crippen LogP contribution in [0.4, 0.5) is 0 Å². The van der Waals surface area contributed by atoms with Crippen LogP contribution >= 0.6 is 11.8 Å². The molecule has 2 N–H and O–H groups in total. The molecular weight excluding hydrogens is 208 g/mol. The highest BCUT2D eigenvalue weighted by atomic mass is 32.2. The summed E-state index contributed by atoms with van der Waals surface area (Å²) < 4.78 is 0. The van der Waals surface area contributed by atoms with Gasteiger partial charge in [0.05, 0.1) is 5.60 Å². The van der Waals surface area contributed by atoms with Crippen LogP contribution in [0.5, 0.6) is 0 Å². The molecule has 1 heterocycles. The largest absolute Gasteiger partial charge is 0.388 e. The quantitative estimate of drug-likeness (QED) is 0.734. The van der Waals surface area contributed by atoms with Gasteiger partial charge in [-0.05, 0) is 6.92 Å². The second kappa shape index (κ2) is 6.09. The van der Waals surface area contributed by atoms with Crippen LogP contribution in [0, 0.1) is 0 Å². The topological polar surface area (TPSA) is 35.5 Å². The molecule has 1 rings (SSSR count). The smallest absolute Gasteiger partial charge is 0.0869 e. The van der Waals surface area contributed by atoms with E-state index < -0.39 is 5.60 Å². The van der Waals surface area contributed by atoms with Gasteiger partial charge in [-0.3, -0.25) is 4.90 Å². The van der Waals surface area contributed by atoms with Crippen LogP contribution in [0.1, 0.15) is 20.8 Å². The molecule has 0 amide bonds. The minimum atomic E-state index is -0.605. The summed E-state index contributed by atoms with van der Waals surface area (Å²) in [4.78, 5) is 2.36. The van der Waals surface area contributed by atoms with Crippen LogP contribution in [0.15, 0.2) is 0 Å². The van der Waals surface area contributed by atoms with E-state index in [-0.39, 0.29) is 0 Å². The number of thioether (sulfide) groups is 1. The number of β-amino-alcohol motifs (C(OH)–C–C–N with tert-alkyl or cyclic N) is 1. The molecule has 0 spiro atoms. The highest BCUT2D eigenvalue weighted by Gasteiger charge is 2.24. The Labute approximate surface area is 97.6 Å². The average Bonchev–Trinajstić information content (AvgIpc) is 2.16. The maximum atomic E-state index is 10.2. The number of nitrogens with zero attached hydrogens (tertiary/aromatic N) is 1. The lowest BCUT2D eigenvalue weighted by Gasteiger charge is -2.34. The normalized spacial score (nSPS) is 23.0. The third kappa shape index (κ3) is 5.76. The summed E-state index contributed by atoms with van der Waals surface area (Å²) in [6.45, 7) is 9.82. The van der Waals surface area contributed by atoms with Crippen LogP contribution in [-0.2, 0) is 0 Å². The third-order valence-electron chi connectivity index (χ3n) is 2.56. The van der Waals surface area contributed by atoms with Gasteiger partial charge in [0.15, 0.2) is 0 Å². The lowest BCUT2D eigenvalue weighted by Crippen LogP contribution is -2.50. The van der Waals surface area contributed by atoms with Crippen LogP contribution < -0.4 is 5.32 Å². The van der Waals surface area contributed by atoms with Crippen molar-refractivity contribution >= 4 is 11.8 Å². The van der Waals surface area contributed by atoms with Crippen molar-refractivity contribution in [1.82, 2.24) is 10.2 Å². The molecule has 3 nitrogen and oxygen atoms in total. The lowest BCUT2D eigenvalue weighted by atomic mass is 10.1. The van der Waals surface area contributed by atoms with Gasteiger partial charge in [0.25, 0.3) is 0 Å². The molecule has 0 radical (unpaired) electrons. The van der Waals surface area contributed by atoms with Gasteiger partial charge < -0.3 is 10.4 Å². The molecular formula is C11H24N2OS. The van der Waals surface area contributed by atoms with Crippen LogP contribution in [0.2, 0.25) is 0 Å². The van der Waals surface area contributed by atoms with Gasteiger partial charge in [-0.25, -0.2) is 0 Å².